The summed E-state index contributed by atoms with van der Waals surface area (Å²) in [7, 11) is 0. The van der Waals surface area contributed by atoms with E-state index in [4.69, 9.17) is 16.3 Å². The number of rotatable bonds is 6. The number of ether oxygens (including phenoxy) is 1. The molecule has 0 aliphatic rings. The number of hydrazone groups is 1. The molecule has 24 heavy (non-hydrogen) atoms. The van der Waals surface area contributed by atoms with Gasteiger partial charge in [-0.15, -0.1) is 0 Å². The zero-order valence-corrected chi connectivity index (χ0v) is 13.8. The summed E-state index contributed by atoms with van der Waals surface area (Å²) >= 11 is 6.12. The normalized spacial score (nSPS) is 10.7. The van der Waals surface area contributed by atoms with Gasteiger partial charge >= 0.3 is 0 Å². The highest BCUT2D eigenvalue weighted by Gasteiger charge is 2.00. The lowest BCUT2D eigenvalue weighted by Crippen LogP contribution is -1.96. The summed E-state index contributed by atoms with van der Waals surface area (Å²) in [6.45, 7) is 0.447. The summed E-state index contributed by atoms with van der Waals surface area (Å²) in [5.74, 6) is 0.795. The molecule has 0 fully saturated rings. The first-order valence-corrected chi connectivity index (χ1v) is 7.99. The molecule has 1 N–H and O–H groups in total. The molecule has 0 spiro atoms. The second kappa shape index (κ2) is 8.18. The molecular formula is C20H17ClN2O. The van der Waals surface area contributed by atoms with Crippen LogP contribution in [-0.2, 0) is 6.61 Å². The number of para-hydroxylation sites is 1. The lowest BCUT2D eigenvalue weighted by Gasteiger charge is -2.07. The van der Waals surface area contributed by atoms with Gasteiger partial charge < -0.3 is 4.74 Å². The molecular weight excluding hydrogens is 320 g/mol. The summed E-state index contributed by atoms with van der Waals surface area (Å²) in [6.07, 6.45) is 1.77. The minimum absolute atomic E-state index is 0.447. The van der Waals surface area contributed by atoms with Gasteiger partial charge in [-0.05, 0) is 48.0 Å². The summed E-state index contributed by atoms with van der Waals surface area (Å²) in [5.41, 5.74) is 5.90. The van der Waals surface area contributed by atoms with Crippen molar-refractivity contribution in [3.63, 3.8) is 0 Å². The van der Waals surface area contributed by atoms with Crippen LogP contribution < -0.4 is 10.2 Å². The first-order valence-electron chi connectivity index (χ1n) is 7.62. The highest BCUT2D eigenvalue weighted by atomic mass is 35.5. The fraction of sp³-hybridized carbons (Fsp3) is 0.0500. The third-order valence-corrected chi connectivity index (χ3v) is 3.78. The number of anilines is 1. The topological polar surface area (TPSA) is 33.6 Å². The Morgan fingerprint density at radius 2 is 1.58 bits per heavy atom. The van der Waals surface area contributed by atoms with Crippen LogP contribution in [0.15, 0.2) is 84.0 Å². The highest BCUT2D eigenvalue weighted by Crippen LogP contribution is 2.18. The standard InChI is InChI=1S/C20H17ClN2O/c21-20-9-5-4-6-17(20)15-24-19-12-10-16(11-13-19)14-22-23-18-7-2-1-3-8-18/h1-14,23H,15H2. The van der Waals surface area contributed by atoms with E-state index < -0.39 is 0 Å². The molecule has 0 unspecified atom stereocenters. The van der Waals surface area contributed by atoms with Gasteiger partial charge in [-0.1, -0.05) is 48.0 Å². The van der Waals surface area contributed by atoms with E-state index in [1.165, 1.54) is 0 Å². The molecule has 0 radical (unpaired) electrons. The van der Waals surface area contributed by atoms with Gasteiger partial charge in [-0.25, -0.2) is 0 Å². The Balaban J connectivity index is 1.54. The maximum atomic E-state index is 6.12. The lowest BCUT2D eigenvalue weighted by molar-refractivity contribution is 0.306. The second-order valence-corrected chi connectivity index (χ2v) is 5.59. The van der Waals surface area contributed by atoms with E-state index in [1.54, 1.807) is 6.21 Å². The van der Waals surface area contributed by atoms with E-state index in [0.717, 1.165) is 22.6 Å². The summed E-state index contributed by atoms with van der Waals surface area (Å²) in [6, 6.07) is 25.2. The molecule has 0 saturated heterocycles. The van der Waals surface area contributed by atoms with Crippen LogP contribution in [0.1, 0.15) is 11.1 Å². The number of hydrogen-bond acceptors (Lipinski definition) is 3. The van der Waals surface area contributed by atoms with Crippen molar-refractivity contribution in [1.82, 2.24) is 0 Å². The van der Waals surface area contributed by atoms with Crippen LogP contribution in [-0.4, -0.2) is 6.21 Å². The molecule has 4 heteroatoms. The molecule has 0 aliphatic heterocycles. The number of nitrogens with one attached hydrogen (secondary N) is 1. The molecule has 3 rings (SSSR count). The molecule has 3 aromatic rings. The minimum Gasteiger partial charge on any atom is -0.489 e. The Labute approximate surface area is 146 Å². The molecule has 0 saturated carbocycles. The van der Waals surface area contributed by atoms with Crippen molar-refractivity contribution in [2.75, 3.05) is 5.43 Å². The fourth-order valence-corrected chi connectivity index (χ4v) is 2.31. The van der Waals surface area contributed by atoms with Crippen LogP contribution >= 0.6 is 11.6 Å². The SMILES string of the molecule is Clc1ccccc1COc1ccc(C=NNc2ccccc2)cc1. The first-order chi connectivity index (χ1) is 11.8. The smallest absolute Gasteiger partial charge is 0.119 e. The van der Waals surface area contributed by atoms with Gasteiger partial charge in [0.1, 0.15) is 12.4 Å². The maximum Gasteiger partial charge on any atom is 0.119 e. The number of nitrogens with zero attached hydrogens (tertiary/aromatic N) is 1. The van der Waals surface area contributed by atoms with Gasteiger partial charge in [0.15, 0.2) is 0 Å². The lowest BCUT2D eigenvalue weighted by atomic mass is 10.2. The van der Waals surface area contributed by atoms with Crippen molar-refractivity contribution in [2.24, 2.45) is 5.10 Å². The number of halogens is 1. The Morgan fingerprint density at radius 1 is 0.875 bits per heavy atom. The second-order valence-electron chi connectivity index (χ2n) is 5.19. The van der Waals surface area contributed by atoms with Crippen molar-refractivity contribution < 1.29 is 4.74 Å². The summed E-state index contributed by atoms with van der Waals surface area (Å²) in [5, 5.41) is 4.93. The van der Waals surface area contributed by atoms with Crippen molar-refractivity contribution in [1.29, 1.82) is 0 Å². The molecule has 0 aromatic heterocycles. The fourth-order valence-electron chi connectivity index (χ4n) is 2.12. The Kier molecular flexibility index (Phi) is 5.48. The first kappa shape index (κ1) is 16.1. The summed E-state index contributed by atoms with van der Waals surface area (Å²) < 4.78 is 5.76. The van der Waals surface area contributed by atoms with E-state index in [0.29, 0.717) is 11.6 Å². The summed E-state index contributed by atoms with van der Waals surface area (Å²) in [4.78, 5) is 0. The number of hydrogen-bond donors (Lipinski definition) is 1. The van der Waals surface area contributed by atoms with Gasteiger partial charge in [-0.3, -0.25) is 5.43 Å². The Bertz CT molecular complexity index is 801. The molecule has 0 heterocycles. The average molecular weight is 337 g/mol. The largest absolute Gasteiger partial charge is 0.489 e. The van der Waals surface area contributed by atoms with Crippen LogP contribution in [0.5, 0.6) is 5.75 Å². The van der Waals surface area contributed by atoms with Crippen molar-refractivity contribution in [3.8, 4) is 5.75 Å². The zero-order valence-electron chi connectivity index (χ0n) is 13.0. The van der Waals surface area contributed by atoms with Crippen LogP contribution in [0.4, 0.5) is 5.69 Å². The van der Waals surface area contributed by atoms with Gasteiger partial charge in [0, 0.05) is 10.6 Å². The third-order valence-electron chi connectivity index (χ3n) is 3.41. The third kappa shape index (κ3) is 4.61. The molecule has 120 valence electrons. The monoisotopic (exact) mass is 336 g/mol. The maximum absolute atomic E-state index is 6.12. The van der Waals surface area contributed by atoms with E-state index >= 15 is 0 Å². The van der Waals surface area contributed by atoms with E-state index in [9.17, 15) is 0 Å². The molecule has 3 aromatic carbocycles. The van der Waals surface area contributed by atoms with Crippen LogP contribution in [0.25, 0.3) is 0 Å². The molecule has 3 nitrogen and oxygen atoms in total. The van der Waals surface area contributed by atoms with Gasteiger partial charge in [-0.2, -0.15) is 5.10 Å². The van der Waals surface area contributed by atoms with Crippen molar-refractivity contribution in [2.45, 2.75) is 6.61 Å². The quantitative estimate of drug-likeness (QED) is 0.485. The van der Waals surface area contributed by atoms with Gasteiger partial charge in [0.2, 0.25) is 0 Å². The van der Waals surface area contributed by atoms with Crippen LogP contribution in [0, 0.1) is 0 Å². The Hall–Kier alpha value is -2.78. The average Bonchev–Trinajstić information content (AvgIpc) is 2.63. The zero-order chi connectivity index (χ0) is 16.6. The van der Waals surface area contributed by atoms with Gasteiger partial charge in [0.25, 0.3) is 0 Å². The van der Waals surface area contributed by atoms with E-state index in [2.05, 4.69) is 10.5 Å². The Morgan fingerprint density at radius 3 is 2.33 bits per heavy atom. The van der Waals surface area contributed by atoms with Crippen molar-refractivity contribution >= 4 is 23.5 Å². The molecule has 0 bridgehead atoms. The predicted molar refractivity (Wildman–Crippen MR) is 99.9 cm³/mol. The molecule has 0 aliphatic carbocycles. The van der Waals surface area contributed by atoms with Crippen LogP contribution in [0.3, 0.4) is 0 Å². The predicted octanol–water partition coefficient (Wildman–Crippen LogP) is 5.37. The molecule has 0 amide bonds. The van der Waals surface area contributed by atoms with Crippen molar-refractivity contribution in [3.05, 3.63) is 95.0 Å². The highest BCUT2D eigenvalue weighted by molar-refractivity contribution is 6.31. The van der Waals surface area contributed by atoms with Crippen LogP contribution in [0.2, 0.25) is 5.02 Å². The molecule has 0 atom stereocenters. The minimum atomic E-state index is 0.447. The van der Waals surface area contributed by atoms with E-state index in [-0.39, 0.29) is 0 Å². The van der Waals surface area contributed by atoms with Gasteiger partial charge in [0.05, 0.1) is 11.9 Å². The number of benzene rings is 3. The van der Waals surface area contributed by atoms with E-state index in [1.807, 2.05) is 78.9 Å².